The highest BCUT2D eigenvalue weighted by Gasteiger charge is 2.08. The number of amides is 1. The Morgan fingerprint density at radius 1 is 1.18 bits per heavy atom. The number of hydrogen-bond donors (Lipinski definition) is 1. The van der Waals surface area contributed by atoms with Crippen molar-refractivity contribution in [1.82, 2.24) is 15.6 Å². The molecule has 2 aromatic carbocycles. The lowest BCUT2D eigenvalue weighted by molar-refractivity contribution is -0.118. The molecule has 3 aromatic rings. The van der Waals surface area contributed by atoms with E-state index in [1.165, 1.54) is 52.6 Å². The second-order valence-corrected chi connectivity index (χ2v) is 9.17. The summed E-state index contributed by atoms with van der Waals surface area (Å²) in [7, 11) is 0. The predicted molar refractivity (Wildman–Crippen MR) is 114 cm³/mol. The molecule has 144 valence electrons. The Balaban J connectivity index is 1.41. The minimum Gasteiger partial charge on any atom is -0.272 e. The van der Waals surface area contributed by atoms with Gasteiger partial charge >= 0.3 is 0 Å². The van der Waals surface area contributed by atoms with E-state index in [1.807, 2.05) is 0 Å². The summed E-state index contributed by atoms with van der Waals surface area (Å²) < 4.78 is 14.7. The number of carbonyl (C=O) groups excluding carboxylic acids is 1. The van der Waals surface area contributed by atoms with Gasteiger partial charge < -0.3 is 0 Å². The van der Waals surface area contributed by atoms with Crippen molar-refractivity contribution < 1.29 is 9.18 Å². The number of carbonyl (C=O) groups is 1. The van der Waals surface area contributed by atoms with Crippen molar-refractivity contribution in [2.45, 2.75) is 21.4 Å². The zero-order valence-electron chi connectivity index (χ0n) is 15.0. The molecule has 0 unspecified atom stereocenters. The van der Waals surface area contributed by atoms with Gasteiger partial charge in [-0.1, -0.05) is 76.8 Å². The minimum absolute atomic E-state index is 0.178. The first kappa shape index (κ1) is 20.5. The zero-order chi connectivity index (χ0) is 19.8. The monoisotopic (exact) mass is 432 g/mol. The van der Waals surface area contributed by atoms with Gasteiger partial charge in [-0.15, -0.1) is 10.2 Å². The summed E-state index contributed by atoms with van der Waals surface area (Å²) >= 11 is 4.39. The van der Waals surface area contributed by atoms with Gasteiger partial charge in [-0.25, -0.2) is 9.82 Å². The minimum atomic E-state index is -0.349. The van der Waals surface area contributed by atoms with Crippen LogP contribution >= 0.6 is 34.9 Å². The number of benzene rings is 2. The van der Waals surface area contributed by atoms with Gasteiger partial charge in [-0.05, 0) is 30.2 Å². The smallest absolute Gasteiger partial charge is 0.250 e. The maximum atomic E-state index is 13.1. The molecule has 0 fully saturated rings. The van der Waals surface area contributed by atoms with E-state index in [9.17, 15) is 9.18 Å². The highest BCUT2D eigenvalue weighted by molar-refractivity contribution is 8.03. The predicted octanol–water partition coefficient (Wildman–Crippen LogP) is 4.52. The largest absolute Gasteiger partial charge is 0.272 e. The van der Waals surface area contributed by atoms with Gasteiger partial charge in [-0.3, -0.25) is 4.79 Å². The van der Waals surface area contributed by atoms with Gasteiger partial charge in [0.15, 0.2) is 8.68 Å². The fourth-order valence-electron chi connectivity index (χ4n) is 2.07. The number of hydrogen-bond acceptors (Lipinski definition) is 7. The van der Waals surface area contributed by atoms with E-state index in [1.54, 1.807) is 23.9 Å². The third-order valence-electron chi connectivity index (χ3n) is 3.45. The Labute approximate surface area is 174 Å². The second-order valence-electron chi connectivity index (χ2n) is 5.75. The van der Waals surface area contributed by atoms with Gasteiger partial charge in [0, 0.05) is 5.75 Å². The van der Waals surface area contributed by atoms with Crippen LogP contribution in [0.25, 0.3) is 0 Å². The average molecular weight is 433 g/mol. The molecule has 1 heterocycles. The lowest BCUT2D eigenvalue weighted by atomic mass is 10.2. The summed E-state index contributed by atoms with van der Waals surface area (Å²) in [5.74, 6) is 0.395. The van der Waals surface area contributed by atoms with Gasteiger partial charge in [0.05, 0.1) is 12.0 Å². The maximum Gasteiger partial charge on any atom is 0.250 e. The lowest BCUT2D eigenvalue weighted by Gasteiger charge is -1.99. The molecule has 0 aliphatic carbocycles. The zero-order valence-corrected chi connectivity index (χ0v) is 17.4. The summed E-state index contributed by atoms with van der Waals surface area (Å²) in [6.45, 7) is 2.06. The van der Waals surface area contributed by atoms with Crippen molar-refractivity contribution in [2.75, 3.05) is 5.75 Å². The van der Waals surface area contributed by atoms with Gasteiger partial charge in [0.25, 0.3) is 5.91 Å². The Hall–Kier alpha value is -2.23. The highest BCUT2D eigenvalue weighted by atomic mass is 32.2. The molecule has 0 spiro atoms. The highest BCUT2D eigenvalue weighted by Crippen LogP contribution is 2.30. The number of nitrogens with zero attached hydrogens (tertiary/aromatic N) is 3. The molecule has 1 amide bonds. The number of halogens is 1. The first-order chi connectivity index (χ1) is 13.6. The molecular weight excluding hydrogens is 415 g/mol. The van der Waals surface area contributed by atoms with Crippen molar-refractivity contribution in [3.8, 4) is 0 Å². The van der Waals surface area contributed by atoms with Crippen LogP contribution in [0, 0.1) is 12.7 Å². The number of aromatic nitrogens is 2. The normalized spacial score (nSPS) is 11.1. The molecule has 3 rings (SSSR count). The van der Waals surface area contributed by atoms with E-state index in [4.69, 9.17) is 0 Å². The molecule has 0 saturated heterocycles. The SMILES string of the molecule is Cc1ccc(CSc2nnc(SCC(=O)N/N=C/c3cccc(F)c3)s2)cc1. The van der Waals surface area contributed by atoms with E-state index < -0.39 is 0 Å². The maximum absolute atomic E-state index is 13.1. The van der Waals surface area contributed by atoms with E-state index in [0.717, 1.165) is 14.4 Å². The molecule has 0 bridgehead atoms. The van der Waals surface area contributed by atoms with Gasteiger partial charge in [-0.2, -0.15) is 5.10 Å². The summed E-state index contributed by atoms with van der Waals surface area (Å²) in [5, 5.41) is 12.1. The molecule has 9 heteroatoms. The van der Waals surface area contributed by atoms with Crippen LogP contribution in [0.4, 0.5) is 4.39 Å². The lowest BCUT2D eigenvalue weighted by Crippen LogP contribution is -2.19. The molecule has 1 aromatic heterocycles. The molecule has 0 atom stereocenters. The fraction of sp³-hybridized carbons (Fsp3) is 0.158. The first-order valence-electron chi connectivity index (χ1n) is 8.30. The molecule has 0 radical (unpaired) electrons. The van der Waals surface area contributed by atoms with Crippen LogP contribution < -0.4 is 5.43 Å². The summed E-state index contributed by atoms with van der Waals surface area (Å²) in [4.78, 5) is 11.8. The molecule has 0 aliphatic rings. The fourth-order valence-corrected chi connectivity index (χ4v) is 4.84. The van der Waals surface area contributed by atoms with Gasteiger partial charge in [0.1, 0.15) is 5.82 Å². The number of hydrazone groups is 1. The first-order valence-corrected chi connectivity index (χ1v) is 11.1. The Morgan fingerprint density at radius 2 is 1.93 bits per heavy atom. The number of thioether (sulfide) groups is 2. The van der Waals surface area contributed by atoms with Crippen LogP contribution in [-0.4, -0.2) is 28.1 Å². The third kappa shape index (κ3) is 6.74. The summed E-state index contributed by atoms with van der Waals surface area (Å²) in [6.07, 6.45) is 1.40. The van der Waals surface area contributed by atoms with Crippen LogP contribution in [0.5, 0.6) is 0 Å². The van der Waals surface area contributed by atoms with E-state index in [-0.39, 0.29) is 17.5 Å². The molecular formula is C19H17FN4OS3. The number of nitrogens with one attached hydrogen (secondary N) is 1. The second kappa shape index (κ2) is 10.4. The summed E-state index contributed by atoms with van der Waals surface area (Å²) in [6, 6.07) is 14.4. The quantitative estimate of drug-likeness (QED) is 0.322. The Bertz CT molecular complexity index is 960. The number of aryl methyl sites for hydroxylation is 1. The number of rotatable bonds is 8. The van der Waals surface area contributed by atoms with E-state index in [0.29, 0.717) is 5.56 Å². The molecule has 5 nitrogen and oxygen atoms in total. The van der Waals surface area contributed by atoms with Crippen molar-refractivity contribution in [3.63, 3.8) is 0 Å². The van der Waals surface area contributed by atoms with E-state index in [2.05, 4.69) is 51.9 Å². The van der Waals surface area contributed by atoms with Gasteiger partial charge in [0.2, 0.25) is 0 Å². The van der Waals surface area contributed by atoms with Crippen LogP contribution in [0.1, 0.15) is 16.7 Å². The van der Waals surface area contributed by atoms with Crippen LogP contribution in [-0.2, 0) is 10.5 Å². The van der Waals surface area contributed by atoms with E-state index >= 15 is 0 Å². The summed E-state index contributed by atoms with van der Waals surface area (Å²) in [5.41, 5.74) is 5.46. The topological polar surface area (TPSA) is 67.2 Å². The third-order valence-corrected chi connectivity index (χ3v) is 6.71. The average Bonchev–Trinajstić information content (AvgIpc) is 3.14. The molecule has 0 aliphatic heterocycles. The Morgan fingerprint density at radius 3 is 2.68 bits per heavy atom. The van der Waals surface area contributed by atoms with Crippen molar-refractivity contribution >= 4 is 47.0 Å². The molecule has 28 heavy (non-hydrogen) atoms. The van der Waals surface area contributed by atoms with Crippen molar-refractivity contribution in [1.29, 1.82) is 0 Å². The van der Waals surface area contributed by atoms with Crippen LogP contribution in [0.2, 0.25) is 0 Å². The standard InChI is InChI=1S/C19H17FN4OS3/c1-13-5-7-14(8-6-13)11-26-18-23-24-19(28-18)27-12-17(25)22-21-10-15-3-2-4-16(20)9-15/h2-10H,11-12H2,1H3,(H,22,25)/b21-10+. The van der Waals surface area contributed by atoms with Crippen LogP contribution in [0.3, 0.4) is 0 Å². The van der Waals surface area contributed by atoms with Crippen LogP contribution in [0.15, 0.2) is 62.3 Å². The van der Waals surface area contributed by atoms with Crippen molar-refractivity contribution in [2.24, 2.45) is 5.10 Å². The molecule has 0 saturated carbocycles. The molecule has 1 N–H and O–H groups in total. The Kier molecular flexibility index (Phi) is 7.58. The van der Waals surface area contributed by atoms with Crippen molar-refractivity contribution in [3.05, 3.63) is 71.0 Å².